The molecular weight excluding hydrogens is 410 g/mol. The van der Waals surface area contributed by atoms with Gasteiger partial charge in [0.05, 0.1) is 18.2 Å². The number of hydrogen-bond donors (Lipinski definition) is 5. The number of carbonyl (C=O) groups is 4. The first-order chi connectivity index (χ1) is 14.5. The van der Waals surface area contributed by atoms with Crippen LogP contribution in [0, 0.1) is 11.8 Å². The number of nitrogens with two attached hydrogens (primary N) is 1. The largest absolute Gasteiger partial charge is 0.508 e. The molecule has 1 amide bonds. The van der Waals surface area contributed by atoms with Gasteiger partial charge in [-0.05, 0) is 36.5 Å². The van der Waals surface area contributed by atoms with Crippen molar-refractivity contribution >= 4 is 29.2 Å². The maximum atomic E-state index is 13.3. The molecule has 1 saturated carbocycles. The van der Waals surface area contributed by atoms with Gasteiger partial charge in [-0.2, -0.15) is 0 Å². The number of rotatable bonds is 2. The number of hydrogen-bond acceptors (Lipinski definition) is 9. The molecule has 4 rings (SSSR count). The number of methoxy groups -OCH3 is 1. The average molecular weight is 429 g/mol. The van der Waals surface area contributed by atoms with E-state index in [0.29, 0.717) is 0 Å². The van der Waals surface area contributed by atoms with E-state index in [1.54, 1.807) is 0 Å². The number of phenols is 1. The van der Waals surface area contributed by atoms with Gasteiger partial charge in [0.15, 0.2) is 11.4 Å². The van der Waals surface area contributed by atoms with E-state index < -0.39 is 70.1 Å². The predicted octanol–water partition coefficient (Wildman–Crippen LogP) is 0.210. The summed E-state index contributed by atoms with van der Waals surface area (Å²) < 4.78 is 4.75. The van der Waals surface area contributed by atoms with Gasteiger partial charge in [0.1, 0.15) is 22.8 Å². The lowest BCUT2D eigenvalue weighted by atomic mass is 9.59. The Kier molecular flexibility index (Phi) is 4.44. The second kappa shape index (κ2) is 6.67. The Morgan fingerprint density at radius 1 is 1.16 bits per heavy atom. The molecule has 0 saturated heterocycles. The van der Waals surface area contributed by atoms with Crippen LogP contribution < -0.4 is 5.73 Å². The van der Waals surface area contributed by atoms with Gasteiger partial charge >= 0.3 is 5.97 Å². The van der Waals surface area contributed by atoms with Gasteiger partial charge in [-0.15, -0.1) is 0 Å². The van der Waals surface area contributed by atoms with E-state index in [1.165, 1.54) is 13.2 Å². The van der Waals surface area contributed by atoms with Crippen LogP contribution in [0.2, 0.25) is 0 Å². The van der Waals surface area contributed by atoms with Crippen LogP contribution in [0.25, 0.3) is 5.76 Å². The van der Waals surface area contributed by atoms with Gasteiger partial charge in [-0.3, -0.25) is 14.4 Å². The molecular formula is C21H19NO9. The summed E-state index contributed by atoms with van der Waals surface area (Å²) in [7, 11) is 1.18. The number of fused-ring (bicyclic) bond motifs is 3. The second-order valence-corrected chi connectivity index (χ2v) is 7.88. The number of primary amides is 1. The molecule has 3 atom stereocenters. The Labute approximate surface area is 175 Å². The number of benzene rings is 1. The maximum absolute atomic E-state index is 13.3. The number of aliphatic hydroxyl groups is 3. The molecule has 10 nitrogen and oxygen atoms in total. The predicted molar refractivity (Wildman–Crippen MR) is 103 cm³/mol. The zero-order chi connectivity index (χ0) is 22.8. The normalized spacial score (nSPS) is 27.4. The van der Waals surface area contributed by atoms with Crippen LogP contribution in [0.5, 0.6) is 5.75 Å². The van der Waals surface area contributed by atoms with Crippen LogP contribution >= 0.6 is 0 Å². The van der Waals surface area contributed by atoms with Gasteiger partial charge < -0.3 is 30.9 Å². The highest BCUT2D eigenvalue weighted by Crippen LogP contribution is 2.52. The summed E-state index contributed by atoms with van der Waals surface area (Å²) in [6, 6.07) is 2.49. The lowest BCUT2D eigenvalue weighted by molar-refractivity contribution is -0.147. The highest BCUT2D eigenvalue weighted by molar-refractivity contribution is 6.22. The van der Waals surface area contributed by atoms with Crippen molar-refractivity contribution in [3.05, 3.63) is 45.7 Å². The van der Waals surface area contributed by atoms with Crippen molar-refractivity contribution in [1.29, 1.82) is 0 Å². The van der Waals surface area contributed by atoms with E-state index in [2.05, 4.69) is 0 Å². The van der Waals surface area contributed by atoms with Crippen LogP contribution in [0.15, 0.2) is 29.0 Å². The molecule has 0 bridgehead atoms. The minimum Gasteiger partial charge on any atom is -0.508 e. The number of carbonyl (C=O) groups excluding carboxylic acids is 4. The van der Waals surface area contributed by atoms with Gasteiger partial charge in [-0.1, -0.05) is 0 Å². The summed E-state index contributed by atoms with van der Waals surface area (Å²) in [5.41, 5.74) is 1.59. The Morgan fingerprint density at radius 2 is 1.84 bits per heavy atom. The topological polar surface area (TPSA) is 184 Å². The fraction of sp³-hybridized carbons (Fsp3) is 0.333. The summed E-state index contributed by atoms with van der Waals surface area (Å²) in [5.74, 6) is -7.85. The van der Waals surface area contributed by atoms with E-state index in [4.69, 9.17) is 10.5 Å². The van der Waals surface area contributed by atoms with Gasteiger partial charge in [0.2, 0.25) is 5.78 Å². The minimum atomic E-state index is -2.62. The number of esters is 1. The minimum absolute atomic E-state index is 0.0147. The third kappa shape index (κ3) is 2.61. The van der Waals surface area contributed by atoms with E-state index in [0.717, 1.165) is 6.07 Å². The fourth-order valence-electron chi connectivity index (χ4n) is 4.92. The maximum Gasteiger partial charge on any atom is 0.338 e. The molecule has 1 aromatic carbocycles. The zero-order valence-corrected chi connectivity index (χ0v) is 16.3. The van der Waals surface area contributed by atoms with Gasteiger partial charge in [0, 0.05) is 17.9 Å². The smallest absolute Gasteiger partial charge is 0.338 e. The fourth-order valence-corrected chi connectivity index (χ4v) is 4.92. The van der Waals surface area contributed by atoms with E-state index in [9.17, 15) is 39.6 Å². The van der Waals surface area contributed by atoms with Crippen molar-refractivity contribution in [3.63, 3.8) is 0 Å². The van der Waals surface area contributed by atoms with E-state index in [-0.39, 0.29) is 35.1 Å². The van der Waals surface area contributed by atoms with Crippen LogP contribution in [0.4, 0.5) is 0 Å². The van der Waals surface area contributed by atoms with E-state index in [1.807, 2.05) is 0 Å². The first kappa shape index (κ1) is 20.6. The molecule has 3 aliphatic carbocycles. The molecule has 0 spiro atoms. The van der Waals surface area contributed by atoms with Crippen LogP contribution in [0.1, 0.15) is 34.3 Å². The van der Waals surface area contributed by atoms with Crippen molar-refractivity contribution in [3.8, 4) is 5.75 Å². The number of ether oxygens (including phenoxy) is 1. The van der Waals surface area contributed by atoms with Gasteiger partial charge in [0.25, 0.3) is 5.91 Å². The Morgan fingerprint density at radius 3 is 2.45 bits per heavy atom. The molecule has 3 aliphatic rings. The highest BCUT2D eigenvalue weighted by Gasteiger charge is 2.60. The molecule has 31 heavy (non-hydrogen) atoms. The monoisotopic (exact) mass is 429 g/mol. The summed E-state index contributed by atoms with van der Waals surface area (Å²) in [5, 5.41) is 42.8. The van der Waals surface area contributed by atoms with Crippen LogP contribution in [-0.2, 0) is 25.5 Å². The summed E-state index contributed by atoms with van der Waals surface area (Å²) >= 11 is 0. The Bertz CT molecular complexity index is 1150. The number of amides is 1. The first-order valence-corrected chi connectivity index (χ1v) is 9.44. The quantitative estimate of drug-likeness (QED) is 0.324. The van der Waals surface area contributed by atoms with Crippen molar-refractivity contribution < 1.29 is 44.3 Å². The lowest BCUT2D eigenvalue weighted by Crippen LogP contribution is -2.58. The summed E-state index contributed by atoms with van der Waals surface area (Å²) in [6.45, 7) is 0. The van der Waals surface area contributed by atoms with Crippen LogP contribution in [0.3, 0.4) is 0 Å². The third-order valence-electron chi connectivity index (χ3n) is 6.35. The molecule has 1 fully saturated rings. The number of aromatic hydroxyl groups is 1. The van der Waals surface area contributed by atoms with Crippen molar-refractivity contribution in [1.82, 2.24) is 0 Å². The van der Waals surface area contributed by atoms with E-state index >= 15 is 0 Å². The number of ketones is 2. The number of aliphatic hydroxyl groups excluding tert-OH is 2. The molecule has 0 aromatic heterocycles. The standard InChI is InChI=1S/C21H19NO9/c1-31-20(29)9-2-3-11(23)14-10(9)5-7-4-8-6-12(24)15(19(22)28)18(27)21(8,30)17(26)13(7)16(14)25/h2-3,7-8,23,25,27,30H,4-6H2,1H3,(H2,22,28)/t7-,8+,21+/m1/s1. The average Bonchev–Trinajstić information content (AvgIpc) is 2.70. The Hall–Kier alpha value is -3.66. The van der Waals surface area contributed by atoms with Crippen LogP contribution in [-0.4, -0.2) is 56.6 Å². The Balaban J connectivity index is 1.94. The molecule has 0 radical (unpaired) electrons. The van der Waals surface area contributed by atoms with Crippen molar-refractivity contribution in [2.24, 2.45) is 17.6 Å². The molecule has 0 heterocycles. The highest BCUT2D eigenvalue weighted by atomic mass is 16.5. The third-order valence-corrected chi connectivity index (χ3v) is 6.35. The summed E-state index contributed by atoms with van der Waals surface area (Å²) in [6.07, 6.45) is -0.391. The van der Waals surface area contributed by atoms with Crippen molar-refractivity contribution in [2.45, 2.75) is 24.9 Å². The molecule has 6 N–H and O–H groups in total. The molecule has 1 aromatic rings. The molecule has 10 heteroatoms. The van der Waals surface area contributed by atoms with Gasteiger partial charge in [-0.25, -0.2) is 4.79 Å². The second-order valence-electron chi connectivity index (χ2n) is 7.88. The first-order valence-electron chi connectivity index (χ1n) is 9.44. The molecule has 162 valence electrons. The SMILES string of the molecule is COC(=O)c1ccc(O)c2c1C[C@H]1C[C@H]3CC(=O)C(C(N)=O)=C(O)[C@@]3(O)C(=O)C1=C2O. The molecule has 0 aliphatic heterocycles. The van der Waals surface area contributed by atoms with Crippen molar-refractivity contribution in [2.75, 3.05) is 7.11 Å². The zero-order valence-electron chi connectivity index (χ0n) is 16.3. The summed E-state index contributed by atoms with van der Waals surface area (Å²) in [4.78, 5) is 49.4. The lowest BCUT2D eigenvalue weighted by Gasteiger charge is -2.46. The number of phenolic OH excluding ortho intramolecular Hbond substituents is 1. The molecule has 0 unspecified atom stereocenters. The number of Topliss-reactive ketones (excluding diaryl/α,β-unsaturated/α-hetero) is 2.